The Morgan fingerprint density at radius 1 is 1.35 bits per heavy atom. The predicted octanol–water partition coefficient (Wildman–Crippen LogP) is 4.18. The predicted molar refractivity (Wildman–Crippen MR) is 94.5 cm³/mol. The zero-order valence-electron chi connectivity index (χ0n) is 13.8. The largest absolute Gasteiger partial charge is 0.461 e. The second-order valence-electron chi connectivity index (χ2n) is 6.96. The number of ether oxygens (including phenoxy) is 1. The molecule has 4 heteroatoms. The molecule has 2 aliphatic carbocycles. The highest BCUT2D eigenvalue weighted by Crippen LogP contribution is 2.44. The average Bonchev–Trinajstić information content (AvgIpc) is 2.97. The highest BCUT2D eigenvalue weighted by atomic mass is 32.1. The first-order chi connectivity index (χ1) is 11.2. The molecule has 2 atom stereocenters. The lowest BCUT2D eigenvalue weighted by Gasteiger charge is -2.41. The second-order valence-corrected chi connectivity index (χ2v) is 7.91. The summed E-state index contributed by atoms with van der Waals surface area (Å²) in [6.07, 6.45) is 8.14. The van der Waals surface area contributed by atoms with E-state index in [1.165, 1.54) is 23.3 Å². The van der Waals surface area contributed by atoms with E-state index in [9.17, 15) is 4.79 Å². The first-order valence-corrected chi connectivity index (χ1v) is 9.68. The molecule has 0 amide bonds. The van der Waals surface area contributed by atoms with Crippen LogP contribution in [0.4, 0.5) is 0 Å². The molecule has 2 aliphatic rings. The van der Waals surface area contributed by atoms with Gasteiger partial charge in [-0.1, -0.05) is 43.9 Å². The van der Waals surface area contributed by atoms with Gasteiger partial charge in [0, 0.05) is 17.2 Å². The Morgan fingerprint density at radius 3 is 2.65 bits per heavy atom. The van der Waals surface area contributed by atoms with Crippen molar-refractivity contribution < 1.29 is 9.53 Å². The summed E-state index contributed by atoms with van der Waals surface area (Å²) in [5.74, 6) is 0.247. The van der Waals surface area contributed by atoms with Gasteiger partial charge in [-0.25, -0.2) is 0 Å². The molecule has 2 N–H and O–H groups in total. The molecule has 1 aromatic heterocycles. The lowest BCUT2D eigenvalue weighted by Crippen LogP contribution is -2.45. The van der Waals surface area contributed by atoms with E-state index in [0.717, 1.165) is 38.5 Å². The van der Waals surface area contributed by atoms with E-state index >= 15 is 0 Å². The van der Waals surface area contributed by atoms with Crippen molar-refractivity contribution in [3.8, 4) is 0 Å². The number of hydrogen-bond acceptors (Lipinski definition) is 4. The van der Waals surface area contributed by atoms with E-state index in [1.807, 2.05) is 6.07 Å². The van der Waals surface area contributed by atoms with Crippen LogP contribution in [0.25, 0.3) is 0 Å². The van der Waals surface area contributed by atoms with Crippen LogP contribution < -0.4 is 5.73 Å². The molecular formula is C19H27NO2S. The van der Waals surface area contributed by atoms with Crippen molar-refractivity contribution in [2.45, 2.75) is 62.9 Å². The molecule has 2 fully saturated rings. The monoisotopic (exact) mass is 333 g/mol. The number of carbonyl (C=O) groups excluding carboxylic acids is 1. The first kappa shape index (κ1) is 16.7. The fourth-order valence-corrected chi connectivity index (χ4v) is 5.01. The Morgan fingerprint density at radius 2 is 2.09 bits per heavy atom. The smallest absolute Gasteiger partial charge is 0.317 e. The Labute approximate surface area is 142 Å². The van der Waals surface area contributed by atoms with Crippen LogP contribution in [0.15, 0.2) is 29.7 Å². The number of hydrogen-bond donors (Lipinski definition) is 1. The van der Waals surface area contributed by atoms with Crippen molar-refractivity contribution in [3.05, 3.63) is 34.5 Å². The minimum Gasteiger partial charge on any atom is -0.461 e. The topological polar surface area (TPSA) is 52.3 Å². The standard InChI is InChI=1S/C19H27NO2S/c1-14-13-16(15(14)8-11-20)22-18(21)19(17-7-6-12-23-17)9-4-2-3-5-10-19/h6-7,12,15-16H,1-5,8-11,13,20H2. The maximum absolute atomic E-state index is 13.2. The van der Waals surface area contributed by atoms with Gasteiger partial charge in [0.05, 0.1) is 0 Å². The molecule has 0 spiro atoms. The minimum atomic E-state index is -0.422. The molecule has 2 unspecified atom stereocenters. The summed E-state index contributed by atoms with van der Waals surface area (Å²) in [4.78, 5) is 14.3. The zero-order chi connectivity index (χ0) is 16.3. The van der Waals surface area contributed by atoms with E-state index in [1.54, 1.807) is 11.3 Å². The summed E-state index contributed by atoms with van der Waals surface area (Å²) in [6.45, 7) is 4.69. The van der Waals surface area contributed by atoms with Gasteiger partial charge in [-0.15, -0.1) is 11.3 Å². The Bertz CT molecular complexity index is 544. The number of thiophene rings is 1. The van der Waals surface area contributed by atoms with Crippen LogP contribution in [0.1, 0.15) is 56.2 Å². The van der Waals surface area contributed by atoms with Gasteiger partial charge in [-0.05, 0) is 37.3 Å². The normalized spacial score (nSPS) is 27.1. The van der Waals surface area contributed by atoms with Crippen LogP contribution >= 0.6 is 11.3 Å². The van der Waals surface area contributed by atoms with E-state index in [-0.39, 0.29) is 18.0 Å². The van der Waals surface area contributed by atoms with E-state index < -0.39 is 5.41 Å². The van der Waals surface area contributed by atoms with Gasteiger partial charge in [-0.2, -0.15) is 0 Å². The molecule has 3 nitrogen and oxygen atoms in total. The number of carbonyl (C=O) groups is 1. The fourth-order valence-electron chi connectivity index (χ4n) is 4.03. The lowest BCUT2D eigenvalue weighted by atomic mass is 9.74. The molecule has 0 radical (unpaired) electrons. The summed E-state index contributed by atoms with van der Waals surface area (Å²) in [5, 5.41) is 2.07. The summed E-state index contributed by atoms with van der Waals surface area (Å²) in [6, 6.07) is 4.15. The Balaban J connectivity index is 1.77. The van der Waals surface area contributed by atoms with Gasteiger partial charge >= 0.3 is 5.97 Å². The average molecular weight is 333 g/mol. The SMILES string of the molecule is C=C1CC(OC(=O)C2(c3cccs3)CCCCCC2)C1CCN. The molecule has 0 aliphatic heterocycles. The van der Waals surface area contributed by atoms with Crippen molar-refractivity contribution in [1.29, 1.82) is 0 Å². The third-order valence-corrected chi connectivity index (χ3v) is 6.59. The van der Waals surface area contributed by atoms with Crippen molar-refractivity contribution in [2.75, 3.05) is 6.54 Å². The quantitative estimate of drug-likeness (QED) is 0.500. The molecule has 3 rings (SSSR count). The van der Waals surface area contributed by atoms with Gasteiger partial charge < -0.3 is 10.5 Å². The van der Waals surface area contributed by atoms with Crippen LogP contribution in [0.3, 0.4) is 0 Å². The number of rotatable bonds is 5. The van der Waals surface area contributed by atoms with Crippen molar-refractivity contribution in [3.63, 3.8) is 0 Å². The highest BCUT2D eigenvalue weighted by molar-refractivity contribution is 7.10. The zero-order valence-corrected chi connectivity index (χ0v) is 14.6. The summed E-state index contributed by atoms with van der Waals surface area (Å²) >= 11 is 1.69. The van der Waals surface area contributed by atoms with Gasteiger partial charge in [0.25, 0.3) is 0 Å². The lowest BCUT2D eigenvalue weighted by molar-refractivity contribution is -0.162. The van der Waals surface area contributed by atoms with Gasteiger partial charge in [0.2, 0.25) is 0 Å². The van der Waals surface area contributed by atoms with Crippen LogP contribution in [0.2, 0.25) is 0 Å². The fraction of sp³-hybridized carbons (Fsp3) is 0.632. The first-order valence-electron chi connectivity index (χ1n) is 8.80. The van der Waals surface area contributed by atoms with Gasteiger partial charge in [0.1, 0.15) is 11.5 Å². The minimum absolute atomic E-state index is 0.0126. The molecule has 0 bridgehead atoms. The molecule has 0 saturated heterocycles. The number of esters is 1. The summed E-state index contributed by atoms with van der Waals surface area (Å²) in [5.41, 5.74) is 6.44. The molecule has 1 heterocycles. The van der Waals surface area contributed by atoms with Gasteiger partial charge in [0.15, 0.2) is 0 Å². The number of nitrogens with two attached hydrogens (primary N) is 1. The second kappa shape index (κ2) is 7.18. The molecule has 0 aromatic carbocycles. The Kier molecular flexibility index (Phi) is 5.22. The third kappa shape index (κ3) is 3.24. The van der Waals surface area contributed by atoms with Crippen molar-refractivity contribution >= 4 is 17.3 Å². The maximum atomic E-state index is 13.2. The van der Waals surface area contributed by atoms with Gasteiger partial charge in [-0.3, -0.25) is 4.79 Å². The van der Waals surface area contributed by atoms with Crippen LogP contribution in [0, 0.1) is 5.92 Å². The van der Waals surface area contributed by atoms with Crippen LogP contribution in [-0.4, -0.2) is 18.6 Å². The molecule has 1 aromatic rings. The summed E-state index contributed by atoms with van der Waals surface area (Å²) in [7, 11) is 0. The maximum Gasteiger partial charge on any atom is 0.317 e. The van der Waals surface area contributed by atoms with E-state index in [4.69, 9.17) is 10.5 Å². The van der Waals surface area contributed by atoms with E-state index in [0.29, 0.717) is 6.54 Å². The van der Waals surface area contributed by atoms with Crippen LogP contribution in [-0.2, 0) is 14.9 Å². The van der Waals surface area contributed by atoms with Crippen molar-refractivity contribution in [1.82, 2.24) is 0 Å². The molecule has 126 valence electrons. The van der Waals surface area contributed by atoms with E-state index in [2.05, 4.69) is 18.0 Å². The molecule has 2 saturated carbocycles. The molecule has 23 heavy (non-hydrogen) atoms. The Hall–Kier alpha value is -1.13. The van der Waals surface area contributed by atoms with Crippen LogP contribution in [0.5, 0.6) is 0 Å². The highest BCUT2D eigenvalue weighted by Gasteiger charge is 2.46. The summed E-state index contributed by atoms with van der Waals surface area (Å²) < 4.78 is 6.00. The third-order valence-electron chi connectivity index (χ3n) is 5.51. The molecular weight excluding hydrogens is 306 g/mol. The van der Waals surface area contributed by atoms with Crippen molar-refractivity contribution in [2.24, 2.45) is 11.7 Å².